The van der Waals surface area contributed by atoms with Crippen LogP contribution in [-0.4, -0.2) is 32.9 Å². The Morgan fingerprint density at radius 1 is 1.17 bits per heavy atom. The number of hydrogen-bond donors (Lipinski definition) is 1. The monoisotopic (exact) mass is 339 g/mol. The average molecular weight is 339 g/mol. The largest absolute Gasteiger partial charge is 0.316 e. The summed E-state index contributed by atoms with van der Waals surface area (Å²) in [6, 6.07) is 8.30. The molecular weight excluding hydrogens is 318 g/mol. The predicted octanol–water partition coefficient (Wildman–Crippen LogP) is 3.99. The maximum absolute atomic E-state index is 4.63. The Morgan fingerprint density at radius 2 is 2.04 bits per heavy atom. The van der Waals surface area contributed by atoms with Crippen LogP contribution in [0.2, 0.25) is 0 Å². The van der Waals surface area contributed by atoms with Gasteiger partial charge in [0.05, 0.1) is 0 Å². The fourth-order valence-electron chi connectivity index (χ4n) is 3.06. The summed E-state index contributed by atoms with van der Waals surface area (Å²) in [5.74, 6) is 0.849. The molecule has 124 valence electrons. The Labute approximate surface area is 145 Å². The summed E-state index contributed by atoms with van der Waals surface area (Å²) in [6.07, 6.45) is 5.44. The first-order valence-electron chi connectivity index (χ1n) is 8.51. The van der Waals surface area contributed by atoms with Crippen LogP contribution in [0.5, 0.6) is 0 Å². The third-order valence-corrected chi connectivity index (χ3v) is 5.22. The number of nitrogens with zero attached hydrogens (tertiary/aromatic N) is 4. The molecule has 1 fully saturated rings. The van der Waals surface area contributed by atoms with Gasteiger partial charge in [-0.25, -0.2) is 15.0 Å². The molecule has 0 aliphatic carbocycles. The van der Waals surface area contributed by atoms with Crippen molar-refractivity contribution in [2.75, 3.05) is 18.4 Å². The third-order valence-electron chi connectivity index (χ3n) is 4.34. The number of thiazole rings is 1. The highest BCUT2D eigenvalue weighted by Crippen LogP contribution is 2.27. The fraction of sp³-hybridized carbons (Fsp3) is 0.389. The van der Waals surface area contributed by atoms with Crippen molar-refractivity contribution >= 4 is 32.6 Å². The molecule has 0 saturated carbocycles. The molecule has 0 radical (unpaired) electrons. The van der Waals surface area contributed by atoms with Crippen LogP contribution < -0.4 is 5.32 Å². The van der Waals surface area contributed by atoms with Gasteiger partial charge in [-0.1, -0.05) is 18.3 Å². The minimum atomic E-state index is 0.844. The van der Waals surface area contributed by atoms with Gasteiger partial charge in [-0.3, -0.25) is 4.90 Å². The zero-order valence-electron chi connectivity index (χ0n) is 13.8. The van der Waals surface area contributed by atoms with Gasteiger partial charge in [0.2, 0.25) is 0 Å². The number of pyridine rings is 2. The molecule has 0 bridgehead atoms. The van der Waals surface area contributed by atoms with Gasteiger partial charge in [-0.05, 0) is 62.2 Å². The zero-order valence-corrected chi connectivity index (χ0v) is 14.6. The molecule has 0 aromatic carbocycles. The van der Waals surface area contributed by atoms with Crippen LogP contribution in [0.3, 0.4) is 0 Å². The van der Waals surface area contributed by atoms with Crippen LogP contribution in [0.1, 0.15) is 31.0 Å². The lowest BCUT2D eigenvalue weighted by molar-refractivity contribution is 0.331. The smallest absolute Gasteiger partial charge is 0.190 e. The Bertz CT molecular complexity index is 838. The normalized spacial score (nSPS) is 15.2. The molecule has 1 saturated heterocycles. The van der Waals surface area contributed by atoms with Crippen LogP contribution in [0.15, 0.2) is 30.5 Å². The number of aryl methyl sites for hydroxylation is 1. The van der Waals surface area contributed by atoms with E-state index in [-0.39, 0.29) is 0 Å². The fourth-order valence-corrected chi connectivity index (χ4v) is 3.92. The first kappa shape index (κ1) is 15.5. The first-order chi connectivity index (χ1) is 11.8. The third kappa shape index (κ3) is 3.39. The van der Waals surface area contributed by atoms with Crippen molar-refractivity contribution in [3.05, 3.63) is 41.7 Å². The molecule has 6 heteroatoms. The van der Waals surface area contributed by atoms with E-state index in [0.717, 1.165) is 40.0 Å². The quantitative estimate of drug-likeness (QED) is 0.762. The molecule has 4 rings (SSSR count). The number of fused-ring (bicyclic) bond motifs is 1. The van der Waals surface area contributed by atoms with Crippen molar-refractivity contribution < 1.29 is 0 Å². The van der Waals surface area contributed by atoms with E-state index in [2.05, 4.69) is 44.2 Å². The maximum atomic E-state index is 4.63. The Morgan fingerprint density at radius 3 is 2.88 bits per heavy atom. The molecule has 5 nitrogen and oxygen atoms in total. The lowest BCUT2D eigenvalue weighted by Gasteiger charge is -2.14. The highest BCUT2D eigenvalue weighted by Gasteiger charge is 2.12. The van der Waals surface area contributed by atoms with E-state index in [9.17, 15) is 0 Å². The van der Waals surface area contributed by atoms with Crippen molar-refractivity contribution in [3.8, 4) is 0 Å². The van der Waals surface area contributed by atoms with E-state index in [1.807, 2.05) is 18.3 Å². The Balaban J connectivity index is 1.52. The van der Waals surface area contributed by atoms with Gasteiger partial charge < -0.3 is 5.32 Å². The number of rotatable bonds is 5. The van der Waals surface area contributed by atoms with Crippen LogP contribution in [0.4, 0.5) is 10.9 Å². The molecular formula is C18H21N5S. The van der Waals surface area contributed by atoms with Gasteiger partial charge in [-0.15, -0.1) is 0 Å². The summed E-state index contributed by atoms with van der Waals surface area (Å²) < 4.78 is 0. The Kier molecular flexibility index (Phi) is 4.40. The number of likely N-dealkylation sites (tertiary alicyclic amines) is 1. The molecule has 24 heavy (non-hydrogen) atoms. The summed E-state index contributed by atoms with van der Waals surface area (Å²) in [7, 11) is 0. The minimum Gasteiger partial charge on any atom is -0.316 e. The van der Waals surface area contributed by atoms with Gasteiger partial charge in [0, 0.05) is 18.4 Å². The van der Waals surface area contributed by atoms with Crippen molar-refractivity contribution in [1.82, 2.24) is 19.9 Å². The van der Waals surface area contributed by atoms with E-state index in [0.29, 0.717) is 0 Å². The van der Waals surface area contributed by atoms with Crippen LogP contribution in [0, 0.1) is 0 Å². The SMILES string of the molecule is CCc1ccc2nc(Nc3cc(CN4CCCC4)ccn3)sc2n1. The predicted molar refractivity (Wildman–Crippen MR) is 98.8 cm³/mol. The number of aromatic nitrogens is 3. The Hall–Kier alpha value is -2.05. The highest BCUT2D eigenvalue weighted by molar-refractivity contribution is 7.21. The van der Waals surface area contributed by atoms with Gasteiger partial charge in [0.25, 0.3) is 0 Å². The second kappa shape index (κ2) is 6.83. The standard InChI is InChI=1S/C18H21N5S/c1-2-14-5-6-15-17(20-14)24-18(21-15)22-16-11-13(7-8-19-16)12-23-9-3-4-10-23/h5-8,11H,2-4,9-10,12H2,1H3,(H,19,21,22). The van der Waals surface area contributed by atoms with Gasteiger partial charge in [0.1, 0.15) is 16.2 Å². The first-order valence-corrected chi connectivity index (χ1v) is 9.32. The number of anilines is 2. The molecule has 1 aliphatic rings. The van der Waals surface area contributed by atoms with Crippen LogP contribution >= 0.6 is 11.3 Å². The number of hydrogen-bond acceptors (Lipinski definition) is 6. The summed E-state index contributed by atoms with van der Waals surface area (Å²) in [5, 5.41) is 4.18. The molecule has 3 aromatic rings. The van der Waals surface area contributed by atoms with Crippen LogP contribution in [-0.2, 0) is 13.0 Å². The molecule has 0 unspecified atom stereocenters. The maximum Gasteiger partial charge on any atom is 0.190 e. The summed E-state index contributed by atoms with van der Waals surface area (Å²) >= 11 is 1.58. The molecule has 1 aliphatic heterocycles. The topological polar surface area (TPSA) is 53.9 Å². The summed E-state index contributed by atoms with van der Waals surface area (Å²) in [5.41, 5.74) is 3.33. The van der Waals surface area contributed by atoms with Crippen molar-refractivity contribution in [2.24, 2.45) is 0 Å². The molecule has 0 atom stereocenters. The van der Waals surface area contributed by atoms with Crippen molar-refractivity contribution in [1.29, 1.82) is 0 Å². The molecule has 4 heterocycles. The average Bonchev–Trinajstić information content (AvgIpc) is 3.23. The van der Waals surface area contributed by atoms with E-state index >= 15 is 0 Å². The second-order valence-corrected chi connectivity index (χ2v) is 7.13. The van der Waals surface area contributed by atoms with E-state index in [1.54, 1.807) is 11.3 Å². The lowest BCUT2D eigenvalue weighted by Crippen LogP contribution is -2.18. The molecule has 3 aromatic heterocycles. The molecule has 0 amide bonds. The lowest BCUT2D eigenvalue weighted by atomic mass is 10.2. The second-order valence-electron chi connectivity index (χ2n) is 6.16. The number of nitrogens with one attached hydrogen (secondary N) is 1. The minimum absolute atomic E-state index is 0.844. The van der Waals surface area contributed by atoms with Crippen molar-refractivity contribution in [3.63, 3.8) is 0 Å². The highest BCUT2D eigenvalue weighted by atomic mass is 32.1. The van der Waals surface area contributed by atoms with Gasteiger partial charge in [0.15, 0.2) is 5.13 Å². The van der Waals surface area contributed by atoms with Gasteiger partial charge in [-0.2, -0.15) is 0 Å². The van der Waals surface area contributed by atoms with Crippen molar-refractivity contribution in [2.45, 2.75) is 32.7 Å². The summed E-state index contributed by atoms with van der Waals surface area (Å²) in [6.45, 7) is 5.52. The van der Waals surface area contributed by atoms with Crippen LogP contribution in [0.25, 0.3) is 10.3 Å². The molecule has 0 spiro atoms. The van der Waals surface area contributed by atoms with E-state index in [4.69, 9.17) is 0 Å². The molecule has 1 N–H and O–H groups in total. The van der Waals surface area contributed by atoms with Gasteiger partial charge >= 0.3 is 0 Å². The zero-order chi connectivity index (χ0) is 16.4. The van der Waals surface area contributed by atoms with E-state index < -0.39 is 0 Å². The van der Waals surface area contributed by atoms with E-state index in [1.165, 1.54) is 31.5 Å². The summed E-state index contributed by atoms with van der Waals surface area (Å²) in [4.78, 5) is 17.1.